The molecule has 0 rings (SSSR count). The van der Waals surface area contributed by atoms with Crippen LogP contribution >= 0.6 is 0 Å². The summed E-state index contributed by atoms with van der Waals surface area (Å²) in [4.78, 5) is 18.8. The summed E-state index contributed by atoms with van der Waals surface area (Å²) in [6.45, 7) is 0.482. The van der Waals surface area contributed by atoms with E-state index in [9.17, 15) is 4.79 Å². The zero-order valence-electron chi connectivity index (χ0n) is 8.51. The quantitative estimate of drug-likeness (QED) is 0.130. The molecule has 0 aliphatic carbocycles. The monoisotopic (exact) mass is 278 g/mol. The first-order valence-corrected chi connectivity index (χ1v) is 4.25. The topological polar surface area (TPSA) is 183 Å². The molecule has 0 saturated carbocycles. The number of nitrogens with two attached hydrogens (primary N) is 2. The molecule has 17 heavy (non-hydrogen) atoms. The van der Waals surface area contributed by atoms with Crippen LogP contribution in [0.25, 0.3) is 0 Å². The van der Waals surface area contributed by atoms with Crippen LogP contribution < -0.4 is 16.8 Å². The number of carboxylic acid groups (broad SMARTS) is 3. The van der Waals surface area contributed by atoms with Gasteiger partial charge in [-0.25, -0.2) is 4.79 Å². The van der Waals surface area contributed by atoms with Gasteiger partial charge in [0.15, 0.2) is 5.96 Å². The average Bonchev–Trinajstić information content (AvgIpc) is 2.10. The molecule has 0 aromatic heterocycles. The van der Waals surface area contributed by atoms with Gasteiger partial charge in [-0.2, -0.15) is 0 Å². The maximum absolute atomic E-state index is 10.2. The van der Waals surface area contributed by atoms with Crippen molar-refractivity contribution in [2.24, 2.45) is 11.5 Å². The molecule has 0 aliphatic rings. The molecule has 0 aromatic carbocycles. The molecule has 0 fully saturated rings. The molecule has 10 heteroatoms. The van der Waals surface area contributed by atoms with Gasteiger partial charge < -0.3 is 32.1 Å². The molecule has 0 spiro atoms. The number of aliphatic carboxylic acids is 1. The van der Waals surface area contributed by atoms with Gasteiger partial charge >= 0.3 is 49.9 Å². The first-order chi connectivity index (χ1) is 7.27. The molecule has 0 radical (unpaired) electrons. The minimum absolute atomic E-state index is 0. The van der Waals surface area contributed by atoms with Gasteiger partial charge in [0.05, 0.1) is 0 Å². The van der Waals surface area contributed by atoms with Gasteiger partial charge in [-0.05, 0) is 12.8 Å². The van der Waals surface area contributed by atoms with Crippen molar-refractivity contribution in [3.8, 4) is 0 Å². The van der Waals surface area contributed by atoms with Crippen molar-refractivity contribution in [2.75, 3.05) is 6.54 Å². The summed E-state index contributed by atoms with van der Waals surface area (Å²) >= 11 is 0. The Morgan fingerprint density at radius 2 is 1.71 bits per heavy atom. The Morgan fingerprint density at radius 1 is 1.29 bits per heavy atom. The van der Waals surface area contributed by atoms with Crippen molar-refractivity contribution < 1.29 is 24.9 Å². The van der Waals surface area contributed by atoms with Crippen LogP contribution in [0.5, 0.6) is 0 Å². The third-order valence-electron chi connectivity index (χ3n) is 1.32. The van der Waals surface area contributed by atoms with Crippen LogP contribution in [-0.4, -0.2) is 83.7 Å². The van der Waals surface area contributed by atoms with E-state index in [2.05, 4.69) is 5.32 Å². The Hall–Kier alpha value is -0.770. The van der Waals surface area contributed by atoms with E-state index in [1.165, 1.54) is 0 Å². The van der Waals surface area contributed by atoms with Gasteiger partial charge in [0.25, 0.3) is 0 Å². The van der Waals surface area contributed by atoms with Crippen LogP contribution in [0.4, 0.5) is 4.79 Å². The Labute approximate surface area is 128 Å². The average molecular weight is 278 g/mol. The van der Waals surface area contributed by atoms with Crippen LogP contribution in [0.3, 0.4) is 0 Å². The summed E-state index contributed by atoms with van der Waals surface area (Å²) < 4.78 is 0. The summed E-state index contributed by atoms with van der Waals surface area (Å²) in [6.07, 6.45) is -0.858. The number of hydrogen-bond acceptors (Lipinski definition) is 4. The fraction of sp³-hybridized carbons (Fsp3) is 0.571. The zero-order valence-corrected chi connectivity index (χ0v) is 8.51. The van der Waals surface area contributed by atoms with Crippen molar-refractivity contribution >= 4 is 55.8 Å². The second-order valence-corrected chi connectivity index (χ2v) is 2.71. The molecule has 1 unspecified atom stereocenters. The Bertz CT molecular complexity index is 246. The normalized spacial score (nSPS) is 9.94. The fourth-order valence-electron chi connectivity index (χ4n) is 0.669. The summed E-state index contributed by atoms with van der Waals surface area (Å²) in [5.74, 6) is -1.11. The van der Waals surface area contributed by atoms with Gasteiger partial charge in [-0.15, -0.1) is 0 Å². The first kappa shape index (κ1) is 21.5. The van der Waals surface area contributed by atoms with Gasteiger partial charge in [0, 0.05) is 6.54 Å². The van der Waals surface area contributed by atoms with Gasteiger partial charge in [0.2, 0.25) is 0 Å². The molecule has 0 aliphatic heterocycles. The summed E-state index contributed by atoms with van der Waals surface area (Å²) in [5, 5.41) is 31.7. The fourth-order valence-corrected chi connectivity index (χ4v) is 0.669. The number of nitrogens with one attached hydrogen (secondary N) is 2. The van der Waals surface area contributed by atoms with Crippen molar-refractivity contribution in [3.63, 3.8) is 0 Å². The van der Waals surface area contributed by atoms with Gasteiger partial charge in [-0.1, -0.05) is 0 Å². The zero-order chi connectivity index (χ0) is 13.1. The summed E-state index contributed by atoms with van der Waals surface area (Å²) in [5.41, 5.74) is 10.2. The second kappa shape index (κ2) is 13.3. The Kier molecular flexibility index (Phi) is 16.8. The number of carboxylic acids is 1. The van der Waals surface area contributed by atoms with Crippen LogP contribution in [0.1, 0.15) is 12.8 Å². The SMILES string of the molecule is N=C(N)NCCCC(N)C(=O)O.O=C(O)O.[CaH2]. The maximum atomic E-state index is 10.2. The number of rotatable bonds is 5. The van der Waals surface area contributed by atoms with E-state index < -0.39 is 18.2 Å². The van der Waals surface area contributed by atoms with E-state index in [4.69, 9.17) is 37.0 Å². The number of carbonyl (C=O) groups is 2. The van der Waals surface area contributed by atoms with Crippen LogP contribution in [0.2, 0.25) is 0 Å². The molecular weight excluding hydrogens is 260 g/mol. The predicted octanol–water partition coefficient (Wildman–Crippen LogP) is -2.03. The summed E-state index contributed by atoms with van der Waals surface area (Å²) in [6, 6.07) is -0.821. The molecule has 98 valence electrons. The molecule has 0 aromatic rings. The first-order valence-electron chi connectivity index (χ1n) is 4.25. The van der Waals surface area contributed by atoms with Gasteiger partial charge in [0.1, 0.15) is 6.04 Å². The molecule has 0 heterocycles. The molecule has 9 nitrogen and oxygen atoms in total. The van der Waals surface area contributed by atoms with Gasteiger partial charge in [-0.3, -0.25) is 10.2 Å². The predicted molar refractivity (Wildman–Crippen MR) is 64.0 cm³/mol. The molecule has 0 bridgehead atoms. The second-order valence-electron chi connectivity index (χ2n) is 2.71. The third-order valence-corrected chi connectivity index (χ3v) is 1.32. The van der Waals surface area contributed by atoms with E-state index >= 15 is 0 Å². The number of guanidine groups is 1. The summed E-state index contributed by atoms with van der Waals surface area (Å²) in [7, 11) is 0. The van der Waals surface area contributed by atoms with Crippen molar-refractivity contribution in [1.82, 2.24) is 5.32 Å². The van der Waals surface area contributed by atoms with Crippen LogP contribution in [0, 0.1) is 5.41 Å². The van der Waals surface area contributed by atoms with Crippen molar-refractivity contribution in [2.45, 2.75) is 18.9 Å². The van der Waals surface area contributed by atoms with E-state index in [0.717, 1.165) is 0 Å². The number of hydrogen-bond donors (Lipinski definition) is 7. The molecular formula is C7H18CaN4O5. The van der Waals surface area contributed by atoms with E-state index in [1.54, 1.807) is 0 Å². The Morgan fingerprint density at radius 3 is 2.00 bits per heavy atom. The van der Waals surface area contributed by atoms with E-state index in [-0.39, 0.29) is 43.7 Å². The van der Waals surface area contributed by atoms with E-state index in [1.807, 2.05) is 0 Å². The van der Waals surface area contributed by atoms with Crippen molar-refractivity contribution in [3.05, 3.63) is 0 Å². The molecule has 9 N–H and O–H groups in total. The molecule has 0 saturated heterocycles. The minimum atomic E-state index is -1.83. The Balaban J connectivity index is -0.000000340. The molecule has 0 amide bonds. The van der Waals surface area contributed by atoms with Crippen LogP contribution in [-0.2, 0) is 4.79 Å². The molecule has 1 atom stereocenters. The third kappa shape index (κ3) is 25.5. The van der Waals surface area contributed by atoms with Crippen LogP contribution in [0.15, 0.2) is 0 Å². The van der Waals surface area contributed by atoms with Crippen molar-refractivity contribution in [1.29, 1.82) is 5.41 Å². The van der Waals surface area contributed by atoms with E-state index in [0.29, 0.717) is 19.4 Å². The standard InChI is InChI=1S/C6H14N4O2.CH2O3.Ca.2H/c7-4(5(11)12)2-1-3-10-6(8)9;2-1(3)4;;;/h4H,1-3,7H2,(H,11,12)(H4,8,9,10);(H2,2,3,4);;;.